The van der Waals surface area contributed by atoms with Gasteiger partial charge in [0.2, 0.25) is 0 Å². The number of hydrogen-bond donors (Lipinski definition) is 4. The minimum absolute atomic E-state index is 0.151. The second-order valence-electron chi connectivity index (χ2n) is 29.5. The van der Waals surface area contributed by atoms with Crippen molar-refractivity contribution < 1.29 is 107 Å². The number of esters is 2. The number of carbonyl (C=O) groups excluding carboxylic acids is 2. The molecule has 4 aliphatic heterocycles. The number of ether oxygens (including phenoxy) is 8. The van der Waals surface area contributed by atoms with Crippen molar-refractivity contribution in [1.29, 1.82) is 0 Å². The SMILES string of the molecule is CC(C)(C)OC(C(=O)O)c1c(C(F)(F)F)ccc(-c2cccnc2)c1-c1ccc2c(c1)CCCO2.COC(=O)C(OC(C)(C)C)c1c(C(F)(F)F)ccc(-c2cccnc2)c1-c1ccc2c(c1)CCCO2.COC(=O)C(OC(C)(C)C)c1c(C(F)(F)F)ccc(C)c1-c1ccc2c(c1)CCCO2.OB(O)C1=CNCC=C1. The Kier molecular flexibility index (Phi) is 27.2. The molecule has 2 aromatic heterocycles. The highest BCUT2D eigenvalue weighted by Gasteiger charge is 2.46. The lowest BCUT2D eigenvalue weighted by Gasteiger charge is -2.31. The molecule has 3 atom stereocenters. The summed E-state index contributed by atoms with van der Waals surface area (Å²) in [5, 5.41) is 30.1. The molecule has 17 nitrogen and oxygen atoms in total. The first kappa shape index (κ1) is 85.0. The highest BCUT2D eigenvalue weighted by Crippen LogP contribution is 2.51. The van der Waals surface area contributed by atoms with Crippen LogP contribution in [0.25, 0.3) is 55.6 Å². The molecule has 6 heterocycles. The largest absolute Gasteiger partial charge is 0.493 e. The van der Waals surface area contributed by atoms with E-state index in [1.807, 2.05) is 18.2 Å². The van der Waals surface area contributed by atoms with E-state index in [2.05, 4.69) is 15.3 Å². The molecular formula is C84H89BF9N3O14. The van der Waals surface area contributed by atoms with Crippen molar-refractivity contribution in [3.63, 3.8) is 0 Å². The molecule has 3 unspecified atom stereocenters. The van der Waals surface area contributed by atoms with Crippen LogP contribution in [0.3, 0.4) is 0 Å². The fourth-order valence-corrected chi connectivity index (χ4v) is 13.2. The van der Waals surface area contributed by atoms with Crippen molar-refractivity contribution in [1.82, 2.24) is 15.3 Å². The number of fused-ring (bicyclic) bond motifs is 3. The number of hydrogen-bond acceptors (Lipinski definition) is 16. The molecule has 590 valence electrons. The van der Waals surface area contributed by atoms with Gasteiger partial charge in [-0.1, -0.05) is 60.7 Å². The molecule has 0 bridgehead atoms. The number of aliphatic carboxylic acids is 1. The van der Waals surface area contributed by atoms with Crippen LogP contribution in [0.15, 0.2) is 164 Å². The van der Waals surface area contributed by atoms with E-state index in [4.69, 9.17) is 47.9 Å². The van der Waals surface area contributed by atoms with Gasteiger partial charge in [-0.05, 0) is 253 Å². The average Bonchev–Trinajstić information content (AvgIpc) is 0.759. The highest BCUT2D eigenvalue weighted by atomic mass is 19.4. The standard InChI is InChI=1S/C28H28F3NO4.C27H26F3NO4.C24H27F3O4.C5H8BNO2/c1-27(2,3)36-25(26(33)34-4)24-21(28(29,30)31)11-10-20(19-7-5-13-32-16-19)23(24)18-9-12-22-17(15-18)8-6-14-35-22;1-26(2,3)35-24(25(32)33)23-20(27(28,29)30)10-9-19(18-6-4-12-31-15-18)22(23)17-8-11-21-16(14-17)7-5-13-34-21;1-14-8-10-17(24(25,26)27)20(21(22(28)29-5)31-23(2,3)4)19(14)16-9-11-18-15(13-16)7-6-12-30-18;8-6(9)5-2-1-3-7-4-5/h5,7,9-13,15-16,25H,6,8,14H2,1-4H3;4,6,8-12,14-15,24H,5,7,13H2,1-3H3,(H,32,33);8-11,13,21H,6-7,12H2,1-5H3;1-2,4,7-9H,3H2. The van der Waals surface area contributed by atoms with E-state index in [0.29, 0.717) is 93.3 Å². The molecule has 12 rings (SSSR count). The first-order chi connectivity index (χ1) is 52.2. The van der Waals surface area contributed by atoms with E-state index >= 15 is 0 Å². The molecule has 8 aromatic rings. The number of rotatable bonds is 15. The number of carbonyl (C=O) groups is 3. The van der Waals surface area contributed by atoms with Crippen LogP contribution in [0.2, 0.25) is 0 Å². The maximum Gasteiger partial charge on any atom is 0.489 e. The van der Waals surface area contributed by atoms with Gasteiger partial charge in [-0.2, -0.15) is 39.5 Å². The number of methoxy groups -OCH3 is 2. The molecule has 4 N–H and O–H groups in total. The predicted octanol–water partition coefficient (Wildman–Crippen LogP) is 18.6. The molecular weight excluding hydrogens is 1460 g/mol. The lowest BCUT2D eigenvalue weighted by Crippen LogP contribution is -2.30. The van der Waals surface area contributed by atoms with Gasteiger partial charge >= 0.3 is 43.6 Å². The summed E-state index contributed by atoms with van der Waals surface area (Å²) < 4.78 is 173. The highest BCUT2D eigenvalue weighted by molar-refractivity contribution is 6.51. The summed E-state index contributed by atoms with van der Waals surface area (Å²) in [4.78, 5) is 46.3. The normalized spacial score (nSPS) is 14.9. The van der Waals surface area contributed by atoms with Crippen LogP contribution < -0.4 is 19.5 Å². The minimum Gasteiger partial charge on any atom is -0.493 e. The van der Waals surface area contributed by atoms with Crippen LogP contribution in [-0.2, 0) is 75.9 Å². The van der Waals surface area contributed by atoms with Gasteiger partial charge in [0.25, 0.3) is 0 Å². The number of halogens is 9. The molecule has 27 heteroatoms. The maximum atomic E-state index is 14.5. The number of nitrogens with one attached hydrogen (secondary N) is 1. The maximum absolute atomic E-state index is 14.5. The summed E-state index contributed by atoms with van der Waals surface area (Å²) in [5.74, 6) is -1.18. The second-order valence-corrected chi connectivity index (χ2v) is 29.5. The summed E-state index contributed by atoms with van der Waals surface area (Å²) in [7, 11) is 0.921. The third-order valence-electron chi connectivity index (χ3n) is 17.8. The number of pyridine rings is 2. The third-order valence-corrected chi connectivity index (χ3v) is 17.8. The van der Waals surface area contributed by atoms with Crippen molar-refractivity contribution in [2.45, 2.75) is 161 Å². The number of alkyl halides is 9. The summed E-state index contributed by atoms with van der Waals surface area (Å²) in [6.45, 7) is 19.2. The molecule has 0 radical (unpaired) electrons. The van der Waals surface area contributed by atoms with E-state index in [-0.39, 0.29) is 22.3 Å². The smallest absolute Gasteiger partial charge is 0.489 e. The number of nitrogens with zero attached hydrogens (tertiary/aromatic N) is 2. The van der Waals surface area contributed by atoms with Crippen molar-refractivity contribution in [3.8, 4) is 72.9 Å². The molecule has 0 saturated heterocycles. The van der Waals surface area contributed by atoms with Gasteiger partial charge in [-0.15, -0.1) is 0 Å². The molecule has 0 spiro atoms. The first-order valence-corrected chi connectivity index (χ1v) is 35.8. The van der Waals surface area contributed by atoms with Gasteiger partial charge in [0.05, 0.1) is 67.5 Å². The first-order valence-electron chi connectivity index (χ1n) is 35.8. The van der Waals surface area contributed by atoms with Gasteiger partial charge in [0.15, 0.2) is 18.3 Å². The van der Waals surface area contributed by atoms with Gasteiger partial charge in [-0.3, -0.25) is 9.97 Å². The quantitative estimate of drug-likeness (QED) is 0.0425. The third kappa shape index (κ3) is 21.8. The Morgan fingerprint density at radius 3 is 1.16 bits per heavy atom. The summed E-state index contributed by atoms with van der Waals surface area (Å²) >= 11 is 0. The van der Waals surface area contributed by atoms with Crippen molar-refractivity contribution in [3.05, 3.63) is 220 Å². The number of carboxylic acids is 1. The second kappa shape index (κ2) is 35.5. The predicted molar refractivity (Wildman–Crippen MR) is 401 cm³/mol. The molecule has 0 saturated carbocycles. The summed E-state index contributed by atoms with van der Waals surface area (Å²) in [6, 6.07) is 29.8. The molecule has 4 aliphatic rings. The van der Waals surface area contributed by atoms with Crippen LogP contribution in [0.4, 0.5) is 39.5 Å². The molecule has 0 aliphatic carbocycles. The van der Waals surface area contributed by atoms with E-state index in [1.54, 1.807) is 167 Å². The number of dihydropyridines is 1. The van der Waals surface area contributed by atoms with Crippen LogP contribution in [0, 0.1) is 6.92 Å². The molecule has 6 aromatic carbocycles. The van der Waals surface area contributed by atoms with Gasteiger partial charge in [0, 0.05) is 59.1 Å². The number of benzene rings is 6. The van der Waals surface area contributed by atoms with Crippen molar-refractivity contribution >= 4 is 25.0 Å². The molecule has 0 fully saturated rings. The van der Waals surface area contributed by atoms with Crippen LogP contribution >= 0.6 is 0 Å². The van der Waals surface area contributed by atoms with Gasteiger partial charge in [0.1, 0.15) is 17.2 Å². The van der Waals surface area contributed by atoms with Gasteiger partial charge in [-0.25, -0.2) is 14.4 Å². The summed E-state index contributed by atoms with van der Waals surface area (Å²) in [6.07, 6.45) is -3.23. The Morgan fingerprint density at radius 1 is 0.486 bits per heavy atom. The molecule has 0 amide bonds. The Morgan fingerprint density at radius 2 is 0.847 bits per heavy atom. The Balaban J connectivity index is 0.000000181. The van der Waals surface area contributed by atoms with Gasteiger partial charge < -0.3 is 58.4 Å². The van der Waals surface area contributed by atoms with E-state index in [1.165, 1.54) is 24.4 Å². The lowest BCUT2D eigenvalue weighted by atomic mass is 9.79. The van der Waals surface area contributed by atoms with Crippen molar-refractivity contribution in [2.24, 2.45) is 0 Å². The minimum atomic E-state index is -4.80. The number of aromatic nitrogens is 2. The monoisotopic (exact) mass is 1550 g/mol. The number of carboxylic acid groups (broad SMARTS) is 1. The topological polar surface area (TPSA) is 224 Å². The van der Waals surface area contributed by atoms with E-state index < -0.39 is 101 Å². The Labute approximate surface area is 638 Å². The average molecular weight is 1550 g/mol. The fourth-order valence-electron chi connectivity index (χ4n) is 13.2. The van der Waals surface area contributed by atoms with Crippen molar-refractivity contribution in [2.75, 3.05) is 40.6 Å². The lowest BCUT2D eigenvalue weighted by molar-refractivity contribution is -0.167. The Bertz CT molecular complexity index is 4680. The Hall–Kier alpha value is -10.1. The zero-order chi connectivity index (χ0) is 81.1. The van der Waals surface area contributed by atoms with Crippen LogP contribution in [-0.4, -0.2) is 108 Å². The fraction of sp³-hybridized carbons (Fsp3) is 0.369. The number of aryl methyl sites for hydroxylation is 4. The molecule has 111 heavy (non-hydrogen) atoms. The van der Waals surface area contributed by atoms with E-state index in [9.17, 15) is 59.0 Å². The zero-order valence-corrected chi connectivity index (χ0v) is 63.5. The number of allylic oxidation sites excluding steroid dienone is 2. The zero-order valence-electron chi connectivity index (χ0n) is 63.5. The summed E-state index contributed by atoms with van der Waals surface area (Å²) in [5.41, 5.74) is 1.43. The van der Waals surface area contributed by atoms with Crippen LogP contribution in [0.1, 0.15) is 156 Å². The van der Waals surface area contributed by atoms with Crippen LogP contribution in [0.5, 0.6) is 17.2 Å². The van der Waals surface area contributed by atoms with E-state index in [0.717, 1.165) is 93.5 Å².